The summed E-state index contributed by atoms with van der Waals surface area (Å²) in [5, 5.41) is 0.503. The molecule has 5 nitrogen and oxygen atoms in total. The fourth-order valence-electron chi connectivity index (χ4n) is 0.797. The van der Waals surface area contributed by atoms with Crippen molar-refractivity contribution < 1.29 is 48.7 Å². The number of primary amides is 1. The molecular formula is C7H14NNaO4S. The molecule has 0 aliphatic carbocycles. The Bertz CT molecular complexity index is 328. The van der Waals surface area contributed by atoms with Crippen LogP contribution in [0.3, 0.4) is 0 Å². The first-order chi connectivity index (χ1) is 5.78. The van der Waals surface area contributed by atoms with E-state index in [-0.39, 0.29) is 42.5 Å². The van der Waals surface area contributed by atoms with Gasteiger partial charge in [-0.3, -0.25) is 9.35 Å². The molecule has 0 spiro atoms. The topological polar surface area (TPSA) is 97.5 Å². The number of amides is 1. The smallest absolute Gasteiger partial charge is 1.00 e. The molecule has 0 aliphatic heterocycles. The minimum Gasteiger partial charge on any atom is -1.00 e. The summed E-state index contributed by atoms with van der Waals surface area (Å²) in [6.07, 6.45) is 0.574. The summed E-state index contributed by atoms with van der Waals surface area (Å²) < 4.78 is 29.3. The van der Waals surface area contributed by atoms with Gasteiger partial charge >= 0.3 is 29.6 Å². The van der Waals surface area contributed by atoms with Gasteiger partial charge in [-0.2, -0.15) is 8.42 Å². The summed E-state index contributed by atoms with van der Waals surface area (Å²) in [5.74, 6) is -1.11. The van der Waals surface area contributed by atoms with E-state index in [0.29, 0.717) is 11.8 Å². The van der Waals surface area contributed by atoms with Crippen LogP contribution in [0.5, 0.6) is 0 Å². The number of carbonyl (C=O) groups is 1. The third kappa shape index (κ3) is 6.56. The minimum absolute atomic E-state index is 0. The molecule has 7 heteroatoms. The first-order valence-corrected chi connectivity index (χ1v) is 5.27. The first kappa shape index (κ1) is 16.5. The molecule has 1 atom stereocenters. The first-order valence-electron chi connectivity index (χ1n) is 3.76. The average Bonchev–Trinajstić information content (AvgIpc) is 1.96. The van der Waals surface area contributed by atoms with Crippen LogP contribution in [0.15, 0.2) is 11.0 Å². The molecule has 1 unspecified atom stereocenters. The molecule has 0 radical (unpaired) electrons. The summed E-state index contributed by atoms with van der Waals surface area (Å²) in [6, 6.07) is 0. The molecule has 0 fully saturated rings. The van der Waals surface area contributed by atoms with Gasteiger partial charge in [-0.25, -0.2) is 0 Å². The van der Waals surface area contributed by atoms with Crippen molar-refractivity contribution in [2.75, 3.05) is 0 Å². The maximum atomic E-state index is 10.8. The van der Waals surface area contributed by atoms with Crippen molar-refractivity contribution >= 4 is 16.0 Å². The Kier molecular flexibility index (Phi) is 7.77. The van der Waals surface area contributed by atoms with E-state index >= 15 is 0 Å². The zero-order valence-electron chi connectivity index (χ0n) is 9.52. The number of hydrogen-bond acceptors (Lipinski definition) is 3. The van der Waals surface area contributed by atoms with Crippen LogP contribution in [0.4, 0.5) is 0 Å². The molecule has 0 saturated heterocycles. The van der Waals surface area contributed by atoms with Crippen molar-refractivity contribution in [3.05, 3.63) is 11.0 Å². The fraction of sp³-hybridized carbons (Fsp3) is 0.571. The van der Waals surface area contributed by atoms with E-state index in [0.717, 1.165) is 0 Å². The van der Waals surface area contributed by atoms with Crippen molar-refractivity contribution in [2.24, 2.45) is 11.7 Å². The molecule has 78 valence electrons. The van der Waals surface area contributed by atoms with Gasteiger partial charge < -0.3 is 7.16 Å². The zero-order valence-corrected chi connectivity index (χ0v) is 11.3. The summed E-state index contributed by atoms with van der Waals surface area (Å²) in [7, 11) is -4.29. The van der Waals surface area contributed by atoms with Crippen LogP contribution < -0.4 is 35.3 Å². The van der Waals surface area contributed by atoms with Gasteiger partial charge in [-0.1, -0.05) is 13.8 Å². The van der Waals surface area contributed by atoms with Crippen molar-refractivity contribution in [3.63, 3.8) is 0 Å². The van der Waals surface area contributed by atoms with Gasteiger partial charge in [0.25, 0.3) is 10.1 Å². The van der Waals surface area contributed by atoms with Crippen LogP contribution in [-0.4, -0.2) is 18.9 Å². The molecule has 0 rings (SSSR count). The molecule has 3 N–H and O–H groups in total. The van der Waals surface area contributed by atoms with Crippen molar-refractivity contribution in [2.45, 2.75) is 20.3 Å². The largest absolute Gasteiger partial charge is 1.00 e. The van der Waals surface area contributed by atoms with Crippen molar-refractivity contribution in [3.8, 4) is 0 Å². The number of hydrogen-bond donors (Lipinski definition) is 2. The Morgan fingerprint density at radius 3 is 2.29 bits per heavy atom. The van der Waals surface area contributed by atoms with Gasteiger partial charge in [0.15, 0.2) is 0 Å². The summed E-state index contributed by atoms with van der Waals surface area (Å²) >= 11 is 0. The molecule has 0 aliphatic rings. The van der Waals surface area contributed by atoms with E-state index in [1.165, 1.54) is 0 Å². The molecule has 1 amide bonds. The monoisotopic (exact) mass is 231 g/mol. The van der Waals surface area contributed by atoms with E-state index in [1.54, 1.807) is 13.8 Å². The maximum Gasteiger partial charge on any atom is 1.00 e. The number of nitrogens with two attached hydrogens (primary N) is 1. The van der Waals surface area contributed by atoms with Crippen LogP contribution in [-0.2, 0) is 14.9 Å². The Balaban J connectivity index is -0.000000720. The van der Waals surface area contributed by atoms with E-state index in [9.17, 15) is 13.2 Å². The summed E-state index contributed by atoms with van der Waals surface area (Å²) in [6.45, 7) is 3.44. The van der Waals surface area contributed by atoms with Gasteiger partial charge in [-0.05, 0) is 12.3 Å². The fourth-order valence-corrected chi connectivity index (χ4v) is 1.47. The van der Waals surface area contributed by atoms with Gasteiger partial charge in [-0.15, -0.1) is 0 Å². The summed E-state index contributed by atoms with van der Waals surface area (Å²) in [5.41, 5.74) is 4.86. The van der Waals surface area contributed by atoms with Gasteiger partial charge in [0.05, 0.1) is 5.41 Å². The van der Waals surface area contributed by atoms with Gasteiger partial charge in [0.1, 0.15) is 0 Å². The molecule has 0 aromatic rings. The van der Waals surface area contributed by atoms with Crippen LogP contribution in [0.1, 0.15) is 21.7 Å². The van der Waals surface area contributed by atoms with Gasteiger partial charge in [0.2, 0.25) is 5.91 Å². The standard InChI is InChI=1S/C7H13NO4S.Na.H/c1-3-5(2)6(7(8)9)4-13(10,11)12;;/h4-5H,3H2,1-2H3,(H2,8,9)(H,10,11,12);;/q;+1;-1. The molecule has 0 saturated carbocycles. The van der Waals surface area contributed by atoms with E-state index < -0.39 is 16.0 Å². The van der Waals surface area contributed by atoms with Crippen molar-refractivity contribution in [1.29, 1.82) is 0 Å². The summed E-state index contributed by atoms with van der Waals surface area (Å²) in [4.78, 5) is 10.8. The second kappa shape index (κ2) is 6.58. The Labute approximate surface area is 107 Å². The van der Waals surface area contributed by atoms with Crippen LogP contribution in [0.2, 0.25) is 0 Å². The Morgan fingerprint density at radius 1 is 1.64 bits per heavy atom. The SMILES string of the molecule is CCC(C)C(=CS(=O)(=O)O)C(N)=O.[H-].[Na+]. The molecule has 14 heavy (non-hydrogen) atoms. The third-order valence-electron chi connectivity index (χ3n) is 1.70. The maximum absolute atomic E-state index is 10.8. The predicted molar refractivity (Wildman–Crippen MR) is 49.4 cm³/mol. The molecule has 0 aromatic heterocycles. The number of carbonyl (C=O) groups excluding carboxylic acids is 1. The molecular weight excluding hydrogens is 217 g/mol. The Hall–Kier alpha value is 0.120. The van der Waals surface area contributed by atoms with Gasteiger partial charge in [0, 0.05) is 5.57 Å². The zero-order chi connectivity index (χ0) is 10.6. The van der Waals surface area contributed by atoms with Crippen LogP contribution in [0.25, 0.3) is 0 Å². The quantitative estimate of drug-likeness (QED) is 0.315. The molecule has 0 aromatic carbocycles. The second-order valence-corrected chi connectivity index (χ2v) is 4.03. The van der Waals surface area contributed by atoms with E-state index in [4.69, 9.17) is 10.3 Å². The van der Waals surface area contributed by atoms with E-state index in [2.05, 4.69) is 0 Å². The van der Waals surface area contributed by atoms with Crippen LogP contribution in [0, 0.1) is 5.92 Å². The van der Waals surface area contributed by atoms with Crippen molar-refractivity contribution in [1.82, 2.24) is 0 Å². The Morgan fingerprint density at radius 2 is 2.07 bits per heavy atom. The third-order valence-corrected chi connectivity index (χ3v) is 2.26. The molecule has 0 bridgehead atoms. The minimum atomic E-state index is -4.29. The molecule has 0 heterocycles. The average molecular weight is 231 g/mol. The normalized spacial score (nSPS) is 14.4. The number of rotatable bonds is 4. The van der Waals surface area contributed by atoms with E-state index in [1.807, 2.05) is 0 Å². The second-order valence-electron chi connectivity index (χ2n) is 2.76. The predicted octanol–water partition coefficient (Wildman–Crippen LogP) is -2.59. The van der Waals surface area contributed by atoms with Crippen LogP contribution >= 0.6 is 0 Å².